The summed E-state index contributed by atoms with van der Waals surface area (Å²) in [7, 11) is 0. The maximum absolute atomic E-state index is 2.41. The molecule has 1 aromatic heterocycles. The summed E-state index contributed by atoms with van der Waals surface area (Å²) in [5, 5.41) is 5.04. The fraction of sp³-hybridized carbons (Fsp3) is 0.0448. The molecule has 12 aromatic rings. The highest BCUT2D eigenvalue weighted by Crippen LogP contribution is 2.51. The summed E-state index contributed by atoms with van der Waals surface area (Å²) >= 11 is 0. The predicted octanol–water partition coefficient (Wildman–Crippen LogP) is 18.5. The molecule has 0 saturated heterocycles. The summed E-state index contributed by atoms with van der Waals surface area (Å²) in [5.41, 5.74) is 20.2. The van der Waals surface area contributed by atoms with E-state index in [1.165, 1.54) is 71.5 Å². The molecule has 0 atom stereocenters. The standard InChI is InChI=1S/C67H49N3/c1-67(2)62-25-15-14-24-59(62)60-45-57(40-41-63(60)67)69(55-36-28-47(29-37-55)46-26-34-54(35-27-46)68(51-17-6-3-7-18-51)52-19-8-4-9-20-52)56-38-30-48(31-39-56)50-33-42-64-61(44-50)66-58-23-13-12-16-49(58)32-43-65(66)70(64)53-21-10-5-11-22-53/h3-45H,1-2H3. The third-order valence-electron chi connectivity index (χ3n) is 14.6. The van der Waals surface area contributed by atoms with Crippen LogP contribution in [0.2, 0.25) is 0 Å². The van der Waals surface area contributed by atoms with Crippen molar-refractivity contribution < 1.29 is 0 Å². The van der Waals surface area contributed by atoms with E-state index in [-0.39, 0.29) is 5.41 Å². The van der Waals surface area contributed by atoms with Crippen molar-refractivity contribution in [1.29, 1.82) is 0 Å². The minimum Gasteiger partial charge on any atom is -0.311 e. The van der Waals surface area contributed by atoms with Gasteiger partial charge in [-0.2, -0.15) is 0 Å². The number of anilines is 6. The molecule has 11 aromatic carbocycles. The van der Waals surface area contributed by atoms with E-state index in [1.807, 2.05) is 0 Å². The Labute approximate surface area is 409 Å². The van der Waals surface area contributed by atoms with Crippen molar-refractivity contribution in [3.8, 4) is 39.1 Å². The minimum absolute atomic E-state index is 0.0753. The molecular weight excluding hydrogens is 847 g/mol. The fourth-order valence-electron chi connectivity index (χ4n) is 11.1. The van der Waals surface area contributed by atoms with Gasteiger partial charge in [-0.15, -0.1) is 0 Å². The van der Waals surface area contributed by atoms with Crippen LogP contribution in [-0.2, 0) is 5.41 Å². The summed E-state index contributed by atoms with van der Waals surface area (Å²) in [5.74, 6) is 0. The zero-order valence-electron chi connectivity index (χ0n) is 39.2. The van der Waals surface area contributed by atoms with Gasteiger partial charge < -0.3 is 14.4 Å². The Balaban J connectivity index is 0.888. The number of para-hydroxylation sites is 3. The average Bonchev–Trinajstić information content (AvgIpc) is 3.88. The number of nitrogens with zero attached hydrogens (tertiary/aromatic N) is 3. The van der Waals surface area contributed by atoms with Gasteiger partial charge in [0.15, 0.2) is 0 Å². The molecule has 332 valence electrons. The summed E-state index contributed by atoms with van der Waals surface area (Å²) in [6.45, 7) is 4.69. The second-order valence-corrected chi connectivity index (χ2v) is 19.0. The van der Waals surface area contributed by atoms with E-state index < -0.39 is 0 Å². The van der Waals surface area contributed by atoms with Crippen molar-refractivity contribution in [3.63, 3.8) is 0 Å². The van der Waals surface area contributed by atoms with E-state index in [0.717, 1.165) is 45.4 Å². The van der Waals surface area contributed by atoms with Gasteiger partial charge in [0.05, 0.1) is 11.0 Å². The molecule has 0 unspecified atom stereocenters. The van der Waals surface area contributed by atoms with Gasteiger partial charge in [0.25, 0.3) is 0 Å². The Hall–Kier alpha value is -8.92. The lowest BCUT2D eigenvalue weighted by Gasteiger charge is -2.27. The van der Waals surface area contributed by atoms with E-state index in [2.05, 4.69) is 289 Å². The molecule has 0 radical (unpaired) electrons. The predicted molar refractivity (Wildman–Crippen MR) is 296 cm³/mol. The van der Waals surface area contributed by atoms with Crippen LogP contribution in [0.1, 0.15) is 25.0 Å². The Kier molecular flexibility index (Phi) is 9.85. The highest BCUT2D eigenvalue weighted by atomic mass is 15.1. The molecule has 0 saturated carbocycles. The maximum Gasteiger partial charge on any atom is 0.0547 e. The minimum atomic E-state index is -0.0753. The zero-order valence-corrected chi connectivity index (χ0v) is 39.2. The maximum atomic E-state index is 2.41. The quantitative estimate of drug-likeness (QED) is 0.143. The number of fused-ring (bicyclic) bond motifs is 8. The Morgan fingerprint density at radius 3 is 1.40 bits per heavy atom. The highest BCUT2D eigenvalue weighted by molar-refractivity contribution is 6.22. The first-order valence-electron chi connectivity index (χ1n) is 24.3. The van der Waals surface area contributed by atoms with Crippen LogP contribution in [0.4, 0.5) is 34.1 Å². The molecule has 0 amide bonds. The molecule has 0 N–H and O–H groups in total. The Morgan fingerprint density at radius 2 is 0.771 bits per heavy atom. The van der Waals surface area contributed by atoms with Crippen molar-refractivity contribution in [3.05, 3.63) is 272 Å². The number of aromatic nitrogens is 1. The van der Waals surface area contributed by atoms with Gasteiger partial charge in [-0.1, -0.05) is 172 Å². The summed E-state index contributed by atoms with van der Waals surface area (Å²) in [6, 6.07) is 95.2. The van der Waals surface area contributed by atoms with Gasteiger partial charge in [-0.3, -0.25) is 0 Å². The molecular formula is C67H49N3. The molecule has 0 bridgehead atoms. The third-order valence-corrected chi connectivity index (χ3v) is 14.6. The Morgan fingerprint density at radius 1 is 0.314 bits per heavy atom. The summed E-state index contributed by atoms with van der Waals surface area (Å²) in [4.78, 5) is 4.71. The van der Waals surface area contributed by atoms with E-state index in [4.69, 9.17) is 0 Å². The average molecular weight is 896 g/mol. The normalized spacial score (nSPS) is 12.5. The van der Waals surface area contributed by atoms with Crippen LogP contribution in [0.25, 0.3) is 71.6 Å². The smallest absolute Gasteiger partial charge is 0.0547 e. The molecule has 0 spiro atoms. The molecule has 1 aliphatic carbocycles. The van der Waals surface area contributed by atoms with Crippen LogP contribution in [0, 0.1) is 0 Å². The van der Waals surface area contributed by atoms with Crippen molar-refractivity contribution in [2.45, 2.75) is 19.3 Å². The van der Waals surface area contributed by atoms with Crippen LogP contribution in [0.15, 0.2) is 261 Å². The first-order valence-corrected chi connectivity index (χ1v) is 24.3. The van der Waals surface area contributed by atoms with Crippen LogP contribution in [0.5, 0.6) is 0 Å². The summed E-state index contributed by atoms with van der Waals surface area (Å²) < 4.78 is 2.41. The first-order chi connectivity index (χ1) is 34.5. The van der Waals surface area contributed by atoms with Crippen LogP contribution >= 0.6 is 0 Å². The monoisotopic (exact) mass is 895 g/mol. The molecule has 1 aliphatic rings. The zero-order chi connectivity index (χ0) is 46.8. The van der Waals surface area contributed by atoms with Gasteiger partial charge in [0, 0.05) is 56.0 Å². The molecule has 13 rings (SSSR count). The van der Waals surface area contributed by atoms with Crippen molar-refractivity contribution in [1.82, 2.24) is 4.57 Å². The number of rotatable bonds is 9. The lowest BCUT2D eigenvalue weighted by molar-refractivity contribution is 0.660. The van der Waals surface area contributed by atoms with E-state index in [1.54, 1.807) is 0 Å². The SMILES string of the molecule is CC1(C)c2ccccc2-c2cc(N(c3ccc(-c4ccc(N(c5ccccc5)c5ccccc5)cc4)cc3)c3ccc(-c4ccc5c(c4)c4c6ccccc6ccc4n5-c4ccccc4)cc3)ccc21. The van der Waals surface area contributed by atoms with E-state index in [0.29, 0.717) is 0 Å². The summed E-state index contributed by atoms with van der Waals surface area (Å²) in [6.07, 6.45) is 0. The number of benzene rings is 11. The number of hydrogen-bond acceptors (Lipinski definition) is 2. The second-order valence-electron chi connectivity index (χ2n) is 19.0. The lowest BCUT2D eigenvalue weighted by atomic mass is 9.82. The van der Waals surface area contributed by atoms with Crippen LogP contribution < -0.4 is 9.80 Å². The largest absolute Gasteiger partial charge is 0.311 e. The van der Waals surface area contributed by atoms with Gasteiger partial charge in [0.1, 0.15) is 0 Å². The van der Waals surface area contributed by atoms with E-state index >= 15 is 0 Å². The fourth-order valence-corrected chi connectivity index (χ4v) is 11.1. The molecule has 1 heterocycles. The van der Waals surface area contributed by atoms with Crippen molar-refractivity contribution in [2.75, 3.05) is 9.80 Å². The molecule has 0 fully saturated rings. The highest BCUT2D eigenvalue weighted by Gasteiger charge is 2.35. The molecule has 0 aliphatic heterocycles. The first kappa shape index (κ1) is 41.3. The van der Waals surface area contributed by atoms with Crippen molar-refractivity contribution in [2.24, 2.45) is 0 Å². The van der Waals surface area contributed by atoms with Gasteiger partial charge in [-0.05, 0) is 158 Å². The van der Waals surface area contributed by atoms with Crippen LogP contribution in [0.3, 0.4) is 0 Å². The van der Waals surface area contributed by atoms with Gasteiger partial charge in [0.2, 0.25) is 0 Å². The van der Waals surface area contributed by atoms with Gasteiger partial charge >= 0.3 is 0 Å². The molecule has 3 nitrogen and oxygen atoms in total. The Bertz CT molecular complexity index is 3830. The second kappa shape index (κ2) is 16.7. The third kappa shape index (κ3) is 6.89. The topological polar surface area (TPSA) is 11.4 Å². The van der Waals surface area contributed by atoms with E-state index in [9.17, 15) is 0 Å². The lowest BCUT2D eigenvalue weighted by Crippen LogP contribution is -2.15. The molecule has 70 heavy (non-hydrogen) atoms. The van der Waals surface area contributed by atoms with Crippen molar-refractivity contribution >= 4 is 66.7 Å². The number of hydrogen-bond donors (Lipinski definition) is 0. The van der Waals surface area contributed by atoms with Crippen LogP contribution in [-0.4, -0.2) is 4.57 Å². The molecule has 3 heteroatoms. The van der Waals surface area contributed by atoms with Gasteiger partial charge in [-0.25, -0.2) is 0 Å².